The molecule has 0 N–H and O–H groups in total. The van der Waals surface area contributed by atoms with Crippen molar-refractivity contribution in [3.63, 3.8) is 0 Å². The van der Waals surface area contributed by atoms with E-state index in [1.54, 1.807) is 19.2 Å². The fourth-order valence-electron chi connectivity index (χ4n) is 3.31. The molecule has 3 rings (SSSR count). The molecule has 1 heterocycles. The fraction of sp³-hybridized carbons (Fsp3) is 0.318. The number of carbonyl (C=O) groups is 1. The highest BCUT2D eigenvalue weighted by atomic mass is 16.5. The van der Waals surface area contributed by atoms with E-state index in [2.05, 4.69) is 6.08 Å². The van der Waals surface area contributed by atoms with Gasteiger partial charge in [0.1, 0.15) is 5.75 Å². The van der Waals surface area contributed by atoms with Crippen LogP contribution in [-0.4, -0.2) is 52.3 Å². The number of carbonyl (C=O) groups excluding carboxylic acids is 1. The minimum Gasteiger partial charge on any atom is -0.497 e. The van der Waals surface area contributed by atoms with Gasteiger partial charge in [0.15, 0.2) is 11.5 Å². The van der Waals surface area contributed by atoms with E-state index in [1.165, 1.54) is 26.9 Å². The van der Waals surface area contributed by atoms with Gasteiger partial charge >= 0.3 is 0 Å². The first-order valence-corrected chi connectivity index (χ1v) is 9.04. The fourth-order valence-corrected chi connectivity index (χ4v) is 3.31. The number of amides is 1. The number of methoxy groups -OCH3 is 4. The van der Waals surface area contributed by atoms with Crippen molar-refractivity contribution in [3.8, 4) is 23.0 Å². The zero-order chi connectivity index (χ0) is 20.1. The van der Waals surface area contributed by atoms with Crippen LogP contribution in [0.4, 0.5) is 0 Å². The molecule has 0 aromatic heterocycles. The molecule has 1 aliphatic heterocycles. The Bertz CT molecular complexity index is 848. The second-order valence-electron chi connectivity index (χ2n) is 6.37. The van der Waals surface area contributed by atoms with Gasteiger partial charge in [0.2, 0.25) is 5.75 Å². The van der Waals surface area contributed by atoms with Crippen LogP contribution in [-0.2, 0) is 0 Å². The first-order valence-electron chi connectivity index (χ1n) is 9.04. The van der Waals surface area contributed by atoms with E-state index in [4.69, 9.17) is 18.9 Å². The molecule has 1 aliphatic rings. The van der Waals surface area contributed by atoms with Gasteiger partial charge in [-0.3, -0.25) is 4.79 Å². The van der Waals surface area contributed by atoms with Gasteiger partial charge in [0.05, 0.1) is 28.4 Å². The monoisotopic (exact) mass is 383 g/mol. The average Bonchev–Trinajstić information content (AvgIpc) is 2.77. The van der Waals surface area contributed by atoms with E-state index in [9.17, 15) is 4.79 Å². The van der Waals surface area contributed by atoms with E-state index >= 15 is 0 Å². The molecule has 0 bridgehead atoms. The van der Waals surface area contributed by atoms with Crippen molar-refractivity contribution in [2.45, 2.75) is 6.42 Å². The summed E-state index contributed by atoms with van der Waals surface area (Å²) in [5.41, 5.74) is 2.90. The number of hydrogen-bond donors (Lipinski definition) is 0. The molecule has 28 heavy (non-hydrogen) atoms. The van der Waals surface area contributed by atoms with Gasteiger partial charge in [-0.15, -0.1) is 0 Å². The molecule has 0 radical (unpaired) electrons. The van der Waals surface area contributed by atoms with Gasteiger partial charge in [-0.1, -0.05) is 18.2 Å². The van der Waals surface area contributed by atoms with Crippen LogP contribution < -0.4 is 18.9 Å². The lowest BCUT2D eigenvalue weighted by Crippen LogP contribution is -2.34. The maximum Gasteiger partial charge on any atom is 0.254 e. The zero-order valence-electron chi connectivity index (χ0n) is 16.7. The minimum absolute atomic E-state index is 0.0655. The number of rotatable bonds is 6. The molecule has 6 heteroatoms. The molecule has 0 spiro atoms. The highest BCUT2D eigenvalue weighted by Crippen LogP contribution is 2.38. The second-order valence-corrected chi connectivity index (χ2v) is 6.37. The summed E-state index contributed by atoms with van der Waals surface area (Å²) in [4.78, 5) is 14.8. The summed E-state index contributed by atoms with van der Waals surface area (Å²) in [5, 5.41) is 0. The van der Waals surface area contributed by atoms with Gasteiger partial charge in [-0.25, -0.2) is 0 Å². The molecule has 1 amide bonds. The molecule has 0 fully saturated rings. The molecule has 2 aromatic rings. The van der Waals surface area contributed by atoms with Crippen molar-refractivity contribution < 1.29 is 23.7 Å². The van der Waals surface area contributed by atoms with Crippen LogP contribution in [0.1, 0.15) is 22.3 Å². The first kappa shape index (κ1) is 19.6. The highest BCUT2D eigenvalue weighted by molar-refractivity contribution is 5.96. The lowest BCUT2D eigenvalue weighted by molar-refractivity contribution is 0.0772. The van der Waals surface area contributed by atoms with Crippen LogP contribution >= 0.6 is 0 Å². The summed E-state index contributed by atoms with van der Waals surface area (Å²) >= 11 is 0. The number of ether oxygens (including phenoxy) is 4. The molecule has 0 aliphatic carbocycles. The Morgan fingerprint density at radius 2 is 1.54 bits per heavy atom. The third kappa shape index (κ3) is 3.91. The third-order valence-electron chi connectivity index (χ3n) is 4.87. The van der Waals surface area contributed by atoms with Gasteiger partial charge < -0.3 is 23.8 Å². The van der Waals surface area contributed by atoms with Crippen LogP contribution in [0, 0.1) is 0 Å². The smallest absolute Gasteiger partial charge is 0.254 e. The summed E-state index contributed by atoms with van der Waals surface area (Å²) in [7, 11) is 6.27. The summed E-state index contributed by atoms with van der Waals surface area (Å²) in [6.07, 6.45) is 2.89. The molecule has 6 nitrogen and oxygen atoms in total. The van der Waals surface area contributed by atoms with Crippen LogP contribution in [0.5, 0.6) is 23.0 Å². The van der Waals surface area contributed by atoms with E-state index in [0.29, 0.717) is 35.9 Å². The Hall–Kier alpha value is -3.15. The summed E-state index contributed by atoms with van der Waals surface area (Å²) in [6.45, 7) is 1.20. The van der Waals surface area contributed by atoms with E-state index in [0.717, 1.165) is 17.7 Å². The minimum atomic E-state index is -0.0655. The average molecular weight is 383 g/mol. The number of benzene rings is 2. The number of hydrogen-bond acceptors (Lipinski definition) is 5. The summed E-state index contributed by atoms with van der Waals surface area (Å²) in [6, 6.07) is 11.4. The molecule has 0 unspecified atom stereocenters. The van der Waals surface area contributed by atoms with Gasteiger partial charge in [0, 0.05) is 18.7 Å². The van der Waals surface area contributed by atoms with Crippen molar-refractivity contribution in [1.29, 1.82) is 0 Å². The van der Waals surface area contributed by atoms with Crippen LogP contribution in [0.25, 0.3) is 5.57 Å². The normalized spacial score (nSPS) is 13.6. The second kappa shape index (κ2) is 8.69. The highest BCUT2D eigenvalue weighted by Gasteiger charge is 2.23. The Balaban J connectivity index is 1.78. The molecule has 2 aromatic carbocycles. The van der Waals surface area contributed by atoms with E-state index in [-0.39, 0.29) is 5.91 Å². The summed E-state index contributed by atoms with van der Waals surface area (Å²) in [5.74, 6) is 2.18. The van der Waals surface area contributed by atoms with Gasteiger partial charge in [-0.2, -0.15) is 0 Å². The molecule has 0 saturated heterocycles. The van der Waals surface area contributed by atoms with Gasteiger partial charge in [-0.05, 0) is 41.8 Å². The van der Waals surface area contributed by atoms with Gasteiger partial charge in [0.25, 0.3) is 5.91 Å². The van der Waals surface area contributed by atoms with Crippen molar-refractivity contribution in [3.05, 3.63) is 53.6 Å². The number of nitrogens with zero attached hydrogens (tertiary/aromatic N) is 1. The van der Waals surface area contributed by atoms with Crippen molar-refractivity contribution in [2.24, 2.45) is 0 Å². The van der Waals surface area contributed by atoms with Crippen LogP contribution in [0.2, 0.25) is 0 Å². The lowest BCUT2D eigenvalue weighted by Gasteiger charge is -2.27. The predicted octanol–water partition coefficient (Wildman–Crippen LogP) is 3.65. The SMILES string of the molecule is COc1ccc(C2=CCN(C(=O)c3cc(OC)c(OC)c(OC)c3)CC2)cc1. The molecular formula is C22H25NO5. The van der Waals surface area contributed by atoms with E-state index < -0.39 is 0 Å². The third-order valence-corrected chi connectivity index (χ3v) is 4.87. The largest absolute Gasteiger partial charge is 0.497 e. The Labute approximate surface area is 165 Å². The Kier molecular flexibility index (Phi) is 6.09. The van der Waals surface area contributed by atoms with Crippen molar-refractivity contribution in [2.75, 3.05) is 41.5 Å². The first-order chi connectivity index (χ1) is 13.6. The van der Waals surface area contributed by atoms with E-state index in [1.807, 2.05) is 29.2 Å². The summed E-state index contributed by atoms with van der Waals surface area (Å²) < 4.78 is 21.2. The van der Waals surface area contributed by atoms with Crippen LogP contribution in [0.15, 0.2) is 42.5 Å². The molecule has 0 saturated carbocycles. The molecule has 148 valence electrons. The maximum absolute atomic E-state index is 13.0. The van der Waals surface area contributed by atoms with Crippen molar-refractivity contribution in [1.82, 2.24) is 4.90 Å². The molecular weight excluding hydrogens is 358 g/mol. The predicted molar refractivity (Wildman–Crippen MR) is 108 cm³/mol. The van der Waals surface area contributed by atoms with Crippen molar-refractivity contribution >= 4 is 11.5 Å². The standard InChI is InChI=1S/C22H25NO5/c1-25-18-7-5-15(6-8-18)16-9-11-23(12-10-16)22(24)17-13-19(26-2)21(28-4)20(14-17)27-3/h5-9,13-14H,10-12H2,1-4H3. The van der Waals surface area contributed by atoms with Crippen LogP contribution in [0.3, 0.4) is 0 Å². The molecule has 0 atom stereocenters. The quantitative estimate of drug-likeness (QED) is 0.762. The topological polar surface area (TPSA) is 57.2 Å². The Morgan fingerprint density at radius 1 is 0.893 bits per heavy atom. The lowest BCUT2D eigenvalue weighted by atomic mass is 9.99. The maximum atomic E-state index is 13.0. The zero-order valence-corrected chi connectivity index (χ0v) is 16.7. The Morgan fingerprint density at radius 3 is 2.00 bits per heavy atom.